The standard InChI is InChI=1S/C21H21N5O6/c1-21(2,3)14-7-5-13(6-8-14)19-23-22-18(32-19)12-24(4)20(27)16-10-9-15(25(28)29)11-17(16)26(30)31/h5-11H,12H2,1-4H3. The van der Waals surface area contributed by atoms with E-state index in [-0.39, 0.29) is 29.3 Å². The van der Waals surface area contributed by atoms with E-state index in [1.165, 1.54) is 7.05 Å². The highest BCUT2D eigenvalue weighted by Crippen LogP contribution is 2.27. The topological polar surface area (TPSA) is 146 Å². The third kappa shape index (κ3) is 4.77. The van der Waals surface area contributed by atoms with E-state index in [9.17, 15) is 25.0 Å². The summed E-state index contributed by atoms with van der Waals surface area (Å²) in [5, 5.41) is 30.1. The van der Waals surface area contributed by atoms with Crippen molar-refractivity contribution in [3.63, 3.8) is 0 Å². The quantitative estimate of drug-likeness (QED) is 0.412. The van der Waals surface area contributed by atoms with Crippen molar-refractivity contribution in [2.45, 2.75) is 32.7 Å². The van der Waals surface area contributed by atoms with E-state index in [4.69, 9.17) is 4.42 Å². The molecule has 0 N–H and O–H groups in total. The molecule has 0 aliphatic heterocycles. The molecule has 11 heteroatoms. The van der Waals surface area contributed by atoms with Crippen LogP contribution in [0.2, 0.25) is 0 Å². The van der Waals surface area contributed by atoms with Gasteiger partial charge in [-0.25, -0.2) is 0 Å². The number of amides is 1. The molecule has 3 aromatic rings. The van der Waals surface area contributed by atoms with Gasteiger partial charge in [0.1, 0.15) is 5.56 Å². The molecule has 1 heterocycles. The van der Waals surface area contributed by atoms with Crippen LogP contribution in [0, 0.1) is 20.2 Å². The van der Waals surface area contributed by atoms with E-state index in [0.717, 1.165) is 34.2 Å². The van der Waals surface area contributed by atoms with Crippen LogP contribution in [0.4, 0.5) is 11.4 Å². The van der Waals surface area contributed by atoms with Gasteiger partial charge in [-0.2, -0.15) is 0 Å². The number of carbonyl (C=O) groups excluding carboxylic acids is 1. The number of benzene rings is 2. The third-order valence-corrected chi connectivity index (χ3v) is 4.80. The second-order valence-corrected chi connectivity index (χ2v) is 8.21. The zero-order valence-electron chi connectivity index (χ0n) is 17.9. The number of rotatable bonds is 6. The Morgan fingerprint density at radius 2 is 1.69 bits per heavy atom. The van der Waals surface area contributed by atoms with Crippen LogP contribution in [-0.2, 0) is 12.0 Å². The highest BCUT2D eigenvalue weighted by molar-refractivity contribution is 5.98. The van der Waals surface area contributed by atoms with E-state index in [1.807, 2.05) is 24.3 Å². The molecule has 1 aromatic heterocycles. The molecule has 11 nitrogen and oxygen atoms in total. The maximum absolute atomic E-state index is 12.7. The van der Waals surface area contributed by atoms with Crippen LogP contribution in [0.15, 0.2) is 46.9 Å². The molecule has 0 saturated carbocycles. The fourth-order valence-corrected chi connectivity index (χ4v) is 2.99. The first kappa shape index (κ1) is 22.5. The van der Waals surface area contributed by atoms with Crippen molar-refractivity contribution in [3.8, 4) is 11.5 Å². The minimum atomic E-state index is -0.833. The summed E-state index contributed by atoms with van der Waals surface area (Å²) in [6, 6.07) is 10.5. The summed E-state index contributed by atoms with van der Waals surface area (Å²) in [6.07, 6.45) is 0. The monoisotopic (exact) mass is 439 g/mol. The molecule has 0 fully saturated rings. The fraction of sp³-hybridized carbons (Fsp3) is 0.286. The second kappa shape index (κ2) is 8.53. The molecule has 3 rings (SSSR count). The molecule has 0 radical (unpaired) electrons. The lowest BCUT2D eigenvalue weighted by atomic mass is 9.87. The van der Waals surface area contributed by atoms with Gasteiger partial charge >= 0.3 is 0 Å². The summed E-state index contributed by atoms with van der Waals surface area (Å²) in [7, 11) is 1.41. The van der Waals surface area contributed by atoms with Crippen molar-refractivity contribution in [2.24, 2.45) is 0 Å². The van der Waals surface area contributed by atoms with Crippen molar-refractivity contribution in [3.05, 3.63) is 79.7 Å². The van der Waals surface area contributed by atoms with Gasteiger partial charge in [-0.05, 0) is 29.2 Å². The summed E-state index contributed by atoms with van der Waals surface area (Å²) in [4.78, 5) is 34.5. The Kier molecular flexibility index (Phi) is 6.01. The Balaban J connectivity index is 1.78. The lowest BCUT2D eigenvalue weighted by molar-refractivity contribution is -0.394. The number of non-ortho nitro benzene ring substituents is 1. The van der Waals surface area contributed by atoms with Crippen LogP contribution in [-0.4, -0.2) is 37.9 Å². The molecule has 0 spiro atoms. The number of hydrogen-bond acceptors (Lipinski definition) is 8. The Morgan fingerprint density at radius 3 is 2.25 bits per heavy atom. The lowest BCUT2D eigenvalue weighted by Crippen LogP contribution is -2.27. The van der Waals surface area contributed by atoms with E-state index >= 15 is 0 Å². The molecular formula is C21H21N5O6. The van der Waals surface area contributed by atoms with Crippen LogP contribution in [0.25, 0.3) is 11.5 Å². The van der Waals surface area contributed by atoms with Gasteiger partial charge in [-0.1, -0.05) is 32.9 Å². The van der Waals surface area contributed by atoms with Gasteiger partial charge in [0.15, 0.2) is 0 Å². The molecule has 1 amide bonds. The maximum Gasteiger partial charge on any atom is 0.289 e. The van der Waals surface area contributed by atoms with Gasteiger partial charge in [-0.3, -0.25) is 25.0 Å². The van der Waals surface area contributed by atoms with Gasteiger partial charge in [0, 0.05) is 18.7 Å². The van der Waals surface area contributed by atoms with Crippen molar-refractivity contribution in [2.75, 3.05) is 7.05 Å². The smallest absolute Gasteiger partial charge is 0.289 e. The predicted molar refractivity (Wildman–Crippen MR) is 114 cm³/mol. The van der Waals surface area contributed by atoms with Gasteiger partial charge in [0.25, 0.3) is 17.3 Å². The summed E-state index contributed by atoms with van der Waals surface area (Å²) in [5.41, 5.74) is 0.465. The molecule has 0 saturated heterocycles. The summed E-state index contributed by atoms with van der Waals surface area (Å²) < 4.78 is 5.64. The Morgan fingerprint density at radius 1 is 1.03 bits per heavy atom. The second-order valence-electron chi connectivity index (χ2n) is 8.21. The predicted octanol–water partition coefficient (Wildman–Crippen LogP) is 4.12. The molecule has 0 unspecified atom stereocenters. The molecule has 32 heavy (non-hydrogen) atoms. The van der Waals surface area contributed by atoms with E-state index in [2.05, 4.69) is 31.0 Å². The van der Waals surface area contributed by atoms with Gasteiger partial charge in [0.2, 0.25) is 11.8 Å². The number of nitro groups is 2. The molecule has 0 bridgehead atoms. The number of hydrogen-bond donors (Lipinski definition) is 0. The molecule has 0 aliphatic carbocycles. The van der Waals surface area contributed by atoms with Crippen LogP contribution >= 0.6 is 0 Å². The highest BCUT2D eigenvalue weighted by atomic mass is 16.6. The van der Waals surface area contributed by atoms with E-state index in [1.54, 1.807) is 0 Å². The number of nitrogens with zero attached hydrogens (tertiary/aromatic N) is 5. The van der Waals surface area contributed by atoms with E-state index in [0.29, 0.717) is 0 Å². The Bertz CT molecular complexity index is 1180. The zero-order chi connectivity index (χ0) is 23.6. The Labute approximate surface area is 183 Å². The fourth-order valence-electron chi connectivity index (χ4n) is 2.99. The molecule has 0 aliphatic rings. The first-order valence-corrected chi connectivity index (χ1v) is 9.59. The van der Waals surface area contributed by atoms with E-state index < -0.39 is 27.1 Å². The van der Waals surface area contributed by atoms with Gasteiger partial charge < -0.3 is 9.32 Å². The normalized spacial score (nSPS) is 11.2. The van der Waals surface area contributed by atoms with Crippen molar-refractivity contribution in [1.29, 1.82) is 0 Å². The number of carbonyl (C=O) groups is 1. The van der Waals surface area contributed by atoms with Crippen molar-refractivity contribution >= 4 is 17.3 Å². The first-order valence-electron chi connectivity index (χ1n) is 9.59. The van der Waals surface area contributed by atoms with Crippen LogP contribution in [0.3, 0.4) is 0 Å². The number of aromatic nitrogens is 2. The largest absolute Gasteiger partial charge is 0.419 e. The van der Waals surface area contributed by atoms with Crippen molar-refractivity contribution < 1.29 is 19.1 Å². The van der Waals surface area contributed by atoms with Crippen molar-refractivity contribution in [1.82, 2.24) is 15.1 Å². The summed E-state index contributed by atoms with van der Waals surface area (Å²) in [6.45, 7) is 6.22. The number of nitro benzene ring substituents is 2. The molecular weight excluding hydrogens is 418 g/mol. The van der Waals surface area contributed by atoms with Crippen LogP contribution in [0.5, 0.6) is 0 Å². The molecule has 2 aromatic carbocycles. The SMILES string of the molecule is CN(Cc1nnc(-c2ccc(C(C)(C)C)cc2)o1)C(=O)c1ccc([N+](=O)[O-])cc1[N+](=O)[O-]. The molecule has 0 atom stereocenters. The zero-order valence-corrected chi connectivity index (χ0v) is 17.9. The first-order chi connectivity index (χ1) is 15.0. The third-order valence-electron chi connectivity index (χ3n) is 4.80. The average molecular weight is 439 g/mol. The van der Waals surface area contributed by atoms with Gasteiger partial charge in [-0.15, -0.1) is 10.2 Å². The van der Waals surface area contributed by atoms with Crippen LogP contribution in [0.1, 0.15) is 42.6 Å². The van der Waals surface area contributed by atoms with Crippen LogP contribution < -0.4 is 0 Å². The summed E-state index contributed by atoms with van der Waals surface area (Å²) >= 11 is 0. The van der Waals surface area contributed by atoms with Gasteiger partial charge in [0.05, 0.1) is 22.5 Å². The minimum absolute atomic E-state index is 0.00207. The minimum Gasteiger partial charge on any atom is -0.419 e. The Hall–Kier alpha value is -4.15. The highest BCUT2D eigenvalue weighted by Gasteiger charge is 2.27. The lowest BCUT2D eigenvalue weighted by Gasteiger charge is -2.18. The summed E-state index contributed by atoms with van der Waals surface area (Å²) in [5.74, 6) is -0.288. The maximum atomic E-state index is 12.7. The molecule has 166 valence electrons. The average Bonchev–Trinajstić information content (AvgIpc) is 3.20.